The summed E-state index contributed by atoms with van der Waals surface area (Å²) in [7, 11) is 0. The fraction of sp³-hybridized carbons (Fsp3) is 0.286. The highest BCUT2D eigenvalue weighted by molar-refractivity contribution is 6.06. The summed E-state index contributed by atoms with van der Waals surface area (Å²) < 4.78 is 5.91. The van der Waals surface area contributed by atoms with E-state index in [1.807, 2.05) is 35.2 Å². The molecule has 0 atom stereocenters. The second-order valence-corrected chi connectivity index (χ2v) is 8.59. The summed E-state index contributed by atoms with van der Waals surface area (Å²) in [6.07, 6.45) is 2.86. The minimum Gasteiger partial charge on any atom is -0.492 e. The fourth-order valence-electron chi connectivity index (χ4n) is 3.99. The summed E-state index contributed by atoms with van der Waals surface area (Å²) in [6, 6.07) is 24.4. The van der Waals surface area contributed by atoms with E-state index in [0.717, 1.165) is 32.4 Å². The van der Waals surface area contributed by atoms with Crippen LogP contribution in [0.15, 0.2) is 78.9 Å². The van der Waals surface area contributed by atoms with Crippen molar-refractivity contribution in [2.45, 2.75) is 26.2 Å². The van der Waals surface area contributed by atoms with Crippen molar-refractivity contribution in [2.24, 2.45) is 5.92 Å². The summed E-state index contributed by atoms with van der Waals surface area (Å²) in [5.74, 6) is 1.04. The van der Waals surface area contributed by atoms with Gasteiger partial charge in [0.15, 0.2) is 0 Å². The van der Waals surface area contributed by atoms with Gasteiger partial charge in [-0.3, -0.25) is 9.59 Å². The van der Waals surface area contributed by atoms with Crippen LogP contribution in [0.25, 0.3) is 0 Å². The van der Waals surface area contributed by atoms with Gasteiger partial charge in [0.25, 0.3) is 11.8 Å². The van der Waals surface area contributed by atoms with Gasteiger partial charge in [0, 0.05) is 30.8 Å². The van der Waals surface area contributed by atoms with Crippen molar-refractivity contribution in [3.05, 3.63) is 95.6 Å². The Kier molecular flexibility index (Phi) is 7.40. The highest BCUT2D eigenvalue weighted by Gasteiger charge is 2.21. The van der Waals surface area contributed by atoms with Crippen LogP contribution in [0, 0.1) is 5.92 Å². The summed E-state index contributed by atoms with van der Waals surface area (Å²) in [6.45, 7) is 4.32. The lowest BCUT2D eigenvalue weighted by atomic mass is 9.98. The highest BCUT2D eigenvalue weighted by atomic mass is 16.5. The molecule has 0 aromatic heterocycles. The van der Waals surface area contributed by atoms with Crippen LogP contribution in [0.2, 0.25) is 0 Å². The zero-order valence-corrected chi connectivity index (χ0v) is 19.0. The number of rotatable bonds is 7. The molecule has 0 radical (unpaired) electrons. The maximum absolute atomic E-state index is 12.9. The number of benzene rings is 3. The molecule has 4 rings (SSSR count). The van der Waals surface area contributed by atoms with Crippen LogP contribution < -0.4 is 10.1 Å². The molecule has 0 unspecified atom stereocenters. The quantitative estimate of drug-likeness (QED) is 0.531. The third kappa shape index (κ3) is 6.01. The van der Waals surface area contributed by atoms with Crippen LogP contribution in [0.1, 0.15) is 46.0 Å². The second kappa shape index (κ2) is 10.8. The molecule has 1 aliphatic heterocycles. The van der Waals surface area contributed by atoms with E-state index in [0.29, 0.717) is 35.1 Å². The molecule has 0 bridgehead atoms. The number of ether oxygens (including phenoxy) is 1. The Morgan fingerprint density at radius 2 is 1.58 bits per heavy atom. The number of nitrogens with zero attached hydrogens (tertiary/aromatic N) is 1. The lowest BCUT2D eigenvalue weighted by Gasteiger charge is -2.30. The van der Waals surface area contributed by atoms with Gasteiger partial charge >= 0.3 is 0 Å². The second-order valence-electron chi connectivity index (χ2n) is 8.59. The summed E-state index contributed by atoms with van der Waals surface area (Å²) >= 11 is 0. The summed E-state index contributed by atoms with van der Waals surface area (Å²) in [5, 5.41) is 2.91. The van der Waals surface area contributed by atoms with E-state index in [4.69, 9.17) is 4.74 Å². The zero-order chi connectivity index (χ0) is 23.0. The summed E-state index contributed by atoms with van der Waals surface area (Å²) in [5.41, 5.74) is 2.95. The van der Waals surface area contributed by atoms with Gasteiger partial charge in [-0.05, 0) is 60.7 Å². The van der Waals surface area contributed by atoms with Gasteiger partial charge in [0.2, 0.25) is 0 Å². The van der Waals surface area contributed by atoms with E-state index in [2.05, 4.69) is 24.4 Å². The Bertz CT molecular complexity index is 1070. The third-order valence-electron chi connectivity index (χ3n) is 6.08. The zero-order valence-electron chi connectivity index (χ0n) is 19.0. The first kappa shape index (κ1) is 22.6. The molecule has 1 saturated heterocycles. The van der Waals surface area contributed by atoms with Crippen LogP contribution in [0.4, 0.5) is 5.69 Å². The maximum atomic E-state index is 12.9. The molecule has 3 aromatic rings. The molecule has 33 heavy (non-hydrogen) atoms. The largest absolute Gasteiger partial charge is 0.492 e. The van der Waals surface area contributed by atoms with Crippen molar-refractivity contribution in [3.8, 4) is 5.75 Å². The average Bonchev–Trinajstić information content (AvgIpc) is 2.85. The van der Waals surface area contributed by atoms with Crippen LogP contribution in [0.3, 0.4) is 0 Å². The first-order valence-electron chi connectivity index (χ1n) is 11.6. The van der Waals surface area contributed by atoms with Crippen molar-refractivity contribution < 1.29 is 14.3 Å². The van der Waals surface area contributed by atoms with Gasteiger partial charge in [0.05, 0.1) is 12.2 Å². The van der Waals surface area contributed by atoms with Gasteiger partial charge in [-0.15, -0.1) is 0 Å². The molecule has 1 fully saturated rings. The van der Waals surface area contributed by atoms with Gasteiger partial charge in [0.1, 0.15) is 5.75 Å². The van der Waals surface area contributed by atoms with Gasteiger partial charge in [-0.1, -0.05) is 49.4 Å². The van der Waals surface area contributed by atoms with Crippen molar-refractivity contribution in [2.75, 3.05) is 25.0 Å². The van der Waals surface area contributed by atoms with Crippen LogP contribution in [-0.4, -0.2) is 36.4 Å². The molecule has 0 aliphatic carbocycles. The van der Waals surface area contributed by atoms with E-state index in [1.54, 1.807) is 36.4 Å². The number of carbonyl (C=O) groups excluding carboxylic acids is 2. The molecule has 1 N–H and O–H groups in total. The maximum Gasteiger partial charge on any atom is 0.259 e. The Balaban J connectivity index is 1.35. The molecular weight excluding hydrogens is 412 g/mol. The van der Waals surface area contributed by atoms with E-state index in [9.17, 15) is 9.59 Å². The highest BCUT2D eigenvalue weighted by Crippen LogP contribution is 2.22. The van der Waals surface area contributed by atoms with Gasteiger partial charge in [-0.2, -0.15) is 0 Å². The van der Waals surface area contributed by atoms with Crippen molar-refractivity contribution in [1.29, 1.82) is 0 Å². The number of hydrogen-bond donors (Lipinski definition) is 1. The monoisotopic (exact) mass is 442 g/mol. The molecular formula is C28H30N2O3. The first-order chi connectivity index (χ1) is 16.1. The molecule has 5 nitrogen and oxygen atoms in total. The Morgan fingerprint density at radius 3 is 2.30 bits per heavy atom. The molecule has 5 heteroatoms. The van der Waals surface area contributed by atoms with Crippen LogP contribution in [0.5, 0.6) is 5.75 Å². The molecule has 1 heterocycles. The van der Waals surface area contributed by atoms with Gasteiger partial charge < -0.3 is 15.0 Å². The Labute approximate surface area is 195 Å². The SMILES string of the molecule is CC1CCN(C(=O)c2ccc(NC(=O)c3ccccc3OCCc3ccccc3)cc2)CC1. The Hall–Kier alpha value is -3.60. The fourth-order valence-corrected chi connectivity index (χ4v) is 3.99. The third-order valence-corrected chi connectivity index (χ3v) is 6.08. The van der Waals surface area contributed by atoms with Gasteiger partial charge in [-0.25, -0.2) is 0 Å². The number of piperidine rings is 1. The standard InChI is InChI=1S/C28H30N2O3/c1-21-15-18-30(19-16-21)28(32)23-11-13-24(14-12-23)29-27(31)25-9-5-6-10-26(25)33-20-17-22-7-3-2-4-8-22/h2-14,21H,15-20H2,1H3,(H,29,31). The molecule has 1 aliphatic rings. The topological polar surface area (TPSA) is 58.6 Å². The van der Waals surface area contributed by atoms with Crippen LogP contribution in [-0.2, 0) is 6.42 Å². The lowest BCUT2D eigenvalue weighted by Crippen LogP contribution is -2.37. The number of para-hydroxylation sites is 1. The normalized spacial score (nSPS) is 14.0. The molecule has 170 valence electrons. The smallest absolute Gasteiger partial charge is 0.259 e. The van der Waals surface area contributed by atoms with E-state index in [-0.39, 0.29) is 11.8 Å². The number of amides is 2. The van der Waals surface area contributed by atoms with Crippen molar-refractivity contribution in [3.63, 3.8) is 0 Å². The number of nitrogens with one attached hydrogen (secondary N) is 1. The molecule has 3 aromatic carbocycles. The number of likely N-dealkylation sites (tertiary alicyclic amines) is 1. The number of hydrogen-bond acceptors (Lipinski definition) is 3. The van der Waals surface area contributed by atoms with Crippen molar-refractivity contribution >= 4 is 17.5 Å². The lowest BCUT2D eigenvalue weighted by molar-refractivity contribution is 0.0697. The van der Waals surface area contributed by atoms with E-state index < -0.39 is 0 Å². The average molecular weight is 443 g/mol. The van der Waals surface area contributed by atoms with Crippen molar-refractivity contribution in [1.82, 2.24) is 4.90 Å². The first-order valence-corrected chi connectivity index (χ1v) is 11.6. The molecule has 0 saturated carbocycles. The molecule has 2 amide bonds. The van der Waals surface area contributed by atoms with E-state index >= 15 is 0 Å². The predicted octanol–water partition coefficient (Wildman–Crippen LogP) is 5.43. The molecule has 0 spiro atoms. The minimum atomic E-state index is -0.241. The predicted molar refractivity (Wildman–Crippen MR) is 131 cm³/mol. The summed E-state index contributed by atoms with van der Waals surface area (Å²) in [4.78, 5) is 27.5. The van der Waals surface area contributed by atoms with Crippen LogP contribution >= 0.6 is 0 Å². The number of anilines is 1. The minimum absolute atomic E-state index is 0.0527. The van der Waals surface area contributed by atoms with E-state index in [1.165, 1.54) is 5.56 Å². The number of carbonyl (C=O) groups is 2. The Morgan fingerprint density at radius 1 is 0.909 bits per heavy atom.